The Kier molecular flexibility index (Phi) is 2.57. The number of rotatable bonds is 0. The third-order valence-electron chi connectivity index (χ3n) is 0.218. The van der Waals surface area contributed by atoms with E-state index in [2.05, 4.69) is 15.9 Å². The van der Waals surface area contributed by atoms with Gasteiger partial charge in [-0.1, -0.05) is 21.5 Å². The van der Waals surface area contributed by atoms with Gasteiger partial charge in [-0.25, -0.2) is 0 Å². The zero-order chi connectivity index (χ0) is 4.28. The zero-order valence-corrected chi connectivity index (χ0v) is 5.04. The minimum absolute atomic E-state index is 1.30. The van der Waals surface area contributed by atoms with Crippen LogP contribution in [-0.4, -0.2) is 0 Å². The summed E-state index contributed by atoms with van der Waals surface area (Å²) in [5, 5.41) is 0. The summed E-state index contributed by atoms with van der Waals surface area (Å²) < 4.78 is 0. The third kappa shape index (κ3) is 4.22. The molecule has 0 saturated carbocycles. The zero-order valence-electron chi connectivity index (χ0n) is 3.46. The highest BCUT2D eigenvalue weighted by Crippen LogP contribution is 1.91. The number of allylic oxidation sites excluding steroid dienone is 1. The lowest BCUT2D eigenvalue weighted by atomic mass is 10.8. The second-order valence-corrected chi connectivity index (χ2v) is 1.64. The lowest BCUT2D eigenvalue weighted by Crippen LogP contribution is -1.48. The summed E-state index contributed by atoms with van der Waals surface area (Å²) in [7, 11) is 0. The van der Waals surface area contributed by atoms with Crippen LogP contribution in [0.15, 0.2) is 10.6 Å². The number of halogens is 1. The number of hydrogen-bond acceptors (Lipinski definition) is 0. The van der Waals surface area contributed by atoms with Crippen LogP contribution in [0.4, 0.5) is 0 Å². The Morgan fingerprint density at radius 2 is 1.80 bits per heavy atom. The van der Waals surface area contributed by atoms with Crippen molar-refractivity contribution in [1.82, 2.24) is 0 Å². The molecule has 0 aliphatic heterocycles. The average Bonchev–Trinajstić information content (AvgIpc) is 1.38. The summed E-state index contributed by atoms with van der Waals surface area (Å²) in [5.74, 6) is 0. The third-order valence-corrected chi connectivity index (χ3v) is 1.13. The Balaban J connectivity index is 3.14. The highest BCUT2D eigenvalue weighted by molar-refractivity contribution is 9.11. The first-order chi connectivity index (χ1) is 2.27. The predicted molar refractivity (Wildman–Crippen MR) is 28.4 cm³/mol. The maximum Gasteiger partial charge on any atom is -0.0202 e. The summed E-state index contributed by atoms with van der Waals surface area (Å²) in [6.45, 7) is 4.07. The van der Waals surface area contributed by atoms with Crippen molar-refractivity contribution < 1.29 is 0 Å². The van der Waals surface area contributed by atoms with Crippen LogP contribution in [0.1, 0.15) is 13.8 Å². The van der Waals surface area contributed by atoms with Gasteiger partial charge < -0.3 is 0 Å². The fraction of sp³-hybridized carbons (Fsp3) is 0.500. The monoisotopic (exact) mass is 137 g/mol. The summed E-state index contributed by atoms with van der Waals surface area (Å²) in [6.07, 6.45) is 0. The average molecular weight is 138 g/mol. The maximum absolute atomic E-state index is 3.15. The molecule has 0 unspecified atom stereocenters. The van der Waals surface area contributed by atoms with Gasteiger partial charge in [0, 0.05) is 0 Å². The minimum atomic E-state index is 1.30. The Bertz CT molecular complexity index is 41.6. The Morgan fingerprint density at radius 3 is 1.80 bits per heavy atom. The molecular formula is C4H7Br. The number of hydrogen-bond donors (Lipinski definition) is 0. The van der Waals surface area contributed by atoms with E-state index in [0.29, 0.717) is 0 Å². The first kappa shape index (κ1) is 5.22. The molecule has 0 nitrogen and oxygen atoms in total. The van der Waals surface area contributed by atoms with Crippen LogP contribution in [0.5, 0.6) is 0 Å². The van der Waals surface area contributed by atoms with Crippen molar-refractivity contribution in [2.24, 2.45) is 0 Å². The molecule has 0 saturated heterocycles. The van der Waals surface area contributed by atoms with Gasteiger partial charge in [0.2, 0.25) is 0 Å². The topological polar surface area (TPSA) is 0 Å². The molecule has 1 heteroatoms. The Morgan fingerprint density at radius 1 is 1.60 bits per heavy atom. The van der Waals surface area contributed by atoms with E-state index in [1.165, 1.54) is 5.57 Å². The SMILES string of the molecule is [13CH3]C([13CH3])=[13CH]Br. The second kappa shape index (κ2) is 2.46. The molecular weight excluding hydrogens is 131 g/mol. The van der Waals surface area contributed by atoms with Crippen LogP contribution in [0.3, 0.4) is 0 Å². The van der Waals surface area contributed by atoms with Crippen molar-refractivity contribution in [3.05, 3.63) is 10.6 Å². The molecule has 0 radical (unpaired) electrons. The van der Waals surface area contributed by atoms with E-state index in [0.717, 1.165) is 0 Å². The molecule has 0 spiro atoms. The van der Waals surface area contributed by atoms with Gasteiger partial charge in [0.05, 0.1) is 0 Å². The quantitative estimate of drug-likeness (QED) is 0.450. The lowest BCUT2D eigenvalue weighted by Gasteiger charge is -1.72. The van der Waals surface area contributed by atoms with Crippen LogP contribution in [-0.2, 0) is 0 Å². The highest BCUT2D eigenvalue weighted by atomic mass is 79.9. The van der Waals surface area contributed by atoms with E-state index in [1.54, 1.807) is 0 Å². The van der Waals surface area contributed by atoms with Crippen molar-refractivity contribution in [1.29, 1.82) is 0 Å². The van der Waals surface area contributed by atoms with Crippen molar-refractivity contribution in [2.45, 2.75) is 13.8 Å². The van der Waals surface area contributed by atoms with E-state index >= 15 is 0 Å². The van der Waals surface area contributed by atoms with Gasteiger partial charge in [0.15, 0.2) is 0 Å². The van der Waals surface area contributed by atoms with E-state index in [9.17, 15) is 0 Å². The van der Waals surface area contributed by atoms with Crippen molar-refractivity contribution in [2.75, 3.05) is 0 Å². The van der Waals surface area contributed by atoms with Gasteiger partial charge in [-0.3, -0.25) is 0 Å². The van der Waals surface area contributed by atoms with Gasteiger partial charge in [0.25, 0.3) is 0 Å². The fourth-order valence-electron chi connectivity index (χ4n) is 0. The van der Waals surface area contributed by atoms with Gasteiger partial charge >= 0.3 is 0 Å². The van der Waals surface area contributed by atoms with Crippen LogP contribution >= 0.6 is 15.9 Å². The summed E-state index contributed by atoms with van der Waals surface area (Å²) in [6, 6.07) is 0. The van der Waals surface area contributed by atoms with Gasteiger partial charge in [0.1, 0.15) is 0 Å². The molecule has 0 amide bonds. The Labute approximate surface area is 41.0 Å². The summed E-state index contributed by atoms with van der Waals surface area (Å²) in [4.78, 5) is 1.90. The molecule has 0 aliphatic rings. The van der Waals surface area contributed by atoms with E-state index in [-0.39, 0.29) is 0 Å². The molecule has 0 fully saturated rings. The van der Waals surface area contributed by atoms with E-state index in [4.69, 9.17) is 0 Å². The molecule has 5 heavy (non-hydrogen) atoms. The minimum Gasteiger partial charge on any atom is -0.0695 e. The molecule has 30 valence electrons. The van der Waals surface area contributed by atoms with Gasteiger partial charge in [-0.2, -0.15) is 0 Å². The van der Waals surface area contributed by atoms with Crippen LogP contribution in [0.25, 0.3) is 0 Å². The van der Waals surface area contributed by atoms with E-state index in [1.807, 2.05) is 18.8 Å². The van der Waals surface area contributed by atoms with Gasteiger partial charge in [-0.15, -0.1) is 0 Å². The standard InChI is InChI=1S/C4H7Br/c1-4(2)3-5/h3H,1-2H3/i1+1,2+1,3+1. The maximum atomic E-state index is 3.15. The second-order valence-electron chi connectivity index (χ2n) is 1.19. The molecule has 0 aromatic heterocycles. The first-order valence-corrected chi connectivity index (χ1v) is 2.42. The molecule has 0 aliphatic carbocycles. The van der Waals surface area contributed by atoms with E-state index < -0.39 is 0 Å². The smallest absolute Gasteiger partial charge is 0.0202 e. The molecule has 0 aromatic carbocycles. The molecule has 0 aromatic rings. The molecule has 0 bridgehead atoms. The van der Waals surface area contributed by atoms with Crippen LogP contribution < -0.4 is 0 Å². The van der Waals surface area contributed by atoms with Crippen LogP contribution in [0, 0.1) is 0 Å². The predicted octanol–water partition coefficient (Wildman–Crippen LogP) is 2.31. The molecule has 0 heterocycles. The van der Waals surface area contributed by atoms with Gasteiger partial charge in [-0.05, 0) is 18.8 Å². The Hall–Kier alpha value is 0.220. The van der Waals surface area contributed by atoms with Crippen LogP contribution in [0.2, 0.25) is 0 Å². The molecule has 0 rings (SSSR count). The fourth-order valence-corrected chi connectivity index (χ4v) is 0. The highest BCUT2D eigenvalue weighted by Gasteiger charge is 1.62. The summed E-state index contributed by atoms with van der Waals surface area (Å²) >= 11 is 3.15. The molecule has 0 N–H and O–H groups in total. The van der Waals surface area contributed by atoms with Crippen molar-refractivity contribution in [3.8, 4) is 0 Å². The normalized spacial score (nSPS) is 7.00. The first-order valence-electron chi connectivity index (χ1n) is 1.51. The largest absolute Gasteiger partial charge is 0.0695 e. The lowest BCUT2D eigenvalue weighted by molar-refractivity contribution is 1.42. The van der Waals surface area contributed by atoms with Crippen molar-refractivity contribution >= 4 is 15.9 Å². The molecule has 0 atom stereocenters. The summed E-state index contributed by atoms with van der Waals surface area (Å²) in [5.41, 5.74) is 1.30. The van der Waals surface area contributed by atoms with Crippen molar-refractivity contribution in [3.63, 3.8) is 0 Å².